The van der Waals surface area contributed by atoms with Crippen molar-refractivity contribution in [2.45, 2.75) is 70.6 Å². The lowest BCUT2D eigenvalue weighted by Gasteiger charge is -2.36. The molecule has 4 heterocycles. The van der Waals surface area contributed by atoms with Gasteiger partial charge in [0, 0.05) is 30.1 Å². The summed E-state index contributed by atoms with van der Waals surface area (Å²) >= 11 is 0. The highest BCUT2D eigenvalue weighted by molar-refractivity contribution is 7.90. The third kappa shape index (κ3) is 5.56. The summed E-state index contributed by atoms with van der Waals surface area (Å²) in [5, 5.41) is 4.83. The van der Waals surface area contributed by atoms with E-state index in [9.17, 15) is 13.2 Å². The highest BCUT2D eigenvalue weighted by Gasteiger charge is 2.40. The van der Waals surface area contributed by atoms with E-state index in [1.54, 1.807) is 24.5 Å². The second-order valence-electron chi connectivity index (χ2n) is 12.0. The first kappa shape index (κ1) is 27.3. The highest BCUT2D eigenvalue weighted by atomic mass is 32.2. The van der Waals surface area contributed by atoms with Gasteiger partial charge in [0.05, 0.1) is 22.4 Å². The molecular weight excluding hydrogens is 518 g/mol. The average Bonchev–Trinajstić information content (AvgIpc) is 2.79. The summed E-state index contributed by atoms with van der Waals surface area (Å²) in [4.78, 5) is 26.3. The molecule has 1 fully saturated rings. The predicted octanol–water partition coefficient (Wildman–Crippen LogP) is 4.22. The van der Waals surface area contributed by atoms with Gasteiger partial charge in [0.1, 0.15) is 33.2 Å². The van der Waals surface area contributed by atoms with Crippen LogP contribution in [0.1, 0.15) is 75.0 Å². The van der Waals surface area contributed by atoms with Gasteiger partial charge in [-0.05, 0) is 75.6 Å². The monoisotopic (exact) mass is 553 g/mol. The Morgan fingerprint density at radius 3 is 2.54 bits per heavy atom. The summed E-state index contributed by atoms with van der Waals surface area (Å²) in [6.07, 6.45) is 5.92. The van der Waals surface area contributed by atoms with Crippen LogP contribution in [-0.2, 0) is 20.1 Å². The van der Waals surface area contributed by atoms with Crippen LogP contribution in [0, 0.1) is 5.92 Å². The lowest BCUT2D eigenvalue weighted by atomic mass is 9.84. The number of carbonyl (C=O) groups is 1. The number of sulfone groups is 1. The van der Waals surface area contributed by atoms with Crippen LogP contribution in [0.25, 0.3) is 10.8 Å². The molecule has 0 bridgehead atoms. The second-order valence-corrected chi connectivity index (χ2v) is 14.1. The first-order valence-electron chi connectivity index (χ1n) is 13.0. The Hall–Kier alpha value is -3.31. The normalized spacial score (nSPS) is 22.5. The van der Waals surface area contributed by atoms with E-state index in [4.69, 9.17) is 20.2 Å². The number of aromatic nitrogens is 3. The van der Waals surface area contributed by atoms with Gasteiger partial charge in [-0.25, -0.2) is 28.2 Å². The zero-order valence-corrected chi connectivity index (χ0v) is 23.9. The first-order valence-corrected chi connectivity index (χ1v) is 15.1. The molecular formula is C28H35N5O5S. The Morgan fingerprint density at radius 1 is 1.15 bits per heavy atom. The number of hydrogen-bond acceptors (Lipinski definition) is 10. The van der Waals surface area contributed by atoms with Gasteiger partial charge >= 0.3 is 5.97 Å². The van der Waals surface area contributed by atoms with Crippen LogP contribution in [0.15, 0.2) is 30.6 Å². The molecule has 3 N–H and O–H groups in total. The van der Waals surface area contributed by atoms with E-state index in [2.05, 4.69) is 15.3 Å². The van der Waals surface area contributed by atoms with Crippen LogP contribution >= 0.6 is 0 Å². The van der Waals surface area contributed by atoms with E-state index >= 15 is 0 Å². The topological polar surface area (TPSA) is 146 Å². The zero-order chi connectivity index (χ0) is 28.3. The summed E-state index contributed by atoms with van der Waals surface area (Å²) in [6, 6.07) is 5.35. The van der Waals surface area contributed by atoms with Crippen molar-refractivity contribution in [1.82, 2.24) is 15.0 Å². The summed E-state index contributed by atoms with van der Waals surface area (Å²) in [6.45, 7) is 9.57. The van der Waals surface area contributed by atoms with Gasteiger partial charge in [0.2, 0.25) is 5.88 Å². The second kappa shape index (κ2) is 9.41. The molecule has 1 aliphatic carbocycles. The predicted molar refractivity (Wildman–Crippen MR) is 149 cm³/mol. The maximum Gasteiger partial charge on any atom is 0.340 e. The maximum absolute atomic E-state index is 12.5. The van der Waals surface area contributed by atoms with Crippen molar-refractivity contribution < 1.29 is 22.7 Å². The van der Waals surface area contributed by atoms with Crippen molar-refractivity contribution in [3.63, 3.8) is 0 Å². The van der Waals surface area contributed by atoms with Gasteiger partial charge in [-0.15, -0.1) is 0 Å². The number of nitrogens with one attached hydrogen (secondary N) is 1. The van der Waals surface area contributed by atoms with E-state index in [0.717, 1.165) is 16.3 Å². The van der Waals surface area contributed by atoms with Crippen molar-refractivity contribution in [1.29, 1.82) is 0 Å². The molecule has 0 radical (unpaired) electrons. The minimum absolute atomic E-state index is 0.0875. The quantitative estimate of drug-likeness (QED) is 0.408. The Labute approximate surface area is 228 Å². The van der Waals surface area contributed by atoms with Crippen LogP contribution in [0.3, 0.4) is 0 Å². The molecule has 3 aromatic heterocycles. The number of nitrogens with zero attached hydrogens (tertiary/aromatic N) is 3. The number of nitrogens with two attached hydrogens (primary N) is 1. The van der Waals surface area contributed by atoms with Crippen molar-refractivity contribution in [3.05, 3.63) is 47.4 Å². The summed E-state index contributed by atoms with van der Waals surface area (Å²) in [7, 11) is -3.01. The minimum Gasteiger partial charge on any atom is -0.474 e. The maximum atomic E-state index is 12.5. The third-order valence-electron chi connectivity index (χ3n) is 7.65. The first-order chi connectivity index (χ1) is 18.1. The fourth-order valence-electron chi connectivity index (χ4n) is 5.17. The zero-order valence-electron chi connectivity index (χ0n) is 23.1. The molecule has 0 aromatic carbocycles. The Kier molecular flexibility index (Phi) is 6.58. The van der Waals surface area contributed by atoms with E-state index in [1.165, 1.54) is 6.26 Å². The lowest BCUT2D eigenvalue weighted by Crippen LogP contribution is -2.39. The number of anilines is 2. The molecule has 0 amide bonds. The van der Waals surface area contributed by atoms with Crippen LogP contribution in [0.5, 0.6) is 5.88 Å². The van der Waals surface area contributed by atoms with Gasteiger partial charge in [-0.3, -0.25) is 0 Å². The third-order valence-corrected chi connectivity index (χ3v) is 8.73. The van der Waals surface area contributed by atoms with Crippen molar-refractivity contribution >= 4 is 38.2 Å². The molecule has 5 rings (SSSR count). The molecule has 3 aromatic rings. The number of pyridine rings is 3. The highest BCUT2D eigenvalue weighted by Crippen LogP contribution is 2.39. The average molecular weight is 554 g/mol. The van der Waals surface area contributed by atoms with Gasteiger partial charge in [0.25, 0.3) is 0 Å². The molecule has 39 heavy (non-hydrogen) atoms. The van der Waals surface area contributed by atoms with E-state index in [1.807, 2.05) is 40.7 Å². The van der Waals surface area contributed by atoms with Crippen molar-refractivity contribution in [3.8, 4) is 5.88 Å². The molecule has 11 heteroatoms. The number of hydrogen-bond donors (Lipinski definition) is 2. The van der Waals surface area contributed by atoms with Crippen LogP contribution in [0.2, 0.25) is 0 Å². The Morgan fingerprint density at radius 2 is 1.87 bits per heavy atom. The number of rotatable bonds is 7. The van der Waals surface area contributed by atoms with Gasteiger partial charge in [-0.2, -0.15) is 0 Å². The van der Waals surface area contributed by atoms with E-state index in [-0.39, 0.29) is 29.7 Å². The fourth-order valence-corrected chi connectivity index (χ4v) is 6.30. The Balaban J connectivity index is 1.44. The molecule has 0 unspecified atom stereocenters. The van der Waals surface area contributed by atoms with Crippen LogP contribution in [-0.4, -0.2) is 53.1 Å². The smallest absolute Gasteiger partial charge is 0.340 e. The number of cyclic esters (lactones) is 1. The molecule has 1 atom stereocenters. The van der Waals surface area contributed by atoms with Crippen molar-refractivity contribution in [2.75, 3.05) is 17.3 Å². The fraction of sp³-hybridized carbons (Fsp3) is 0.500. The summed E-state index contributed by atoms with van der Waals surface area (Å²) < 4.78 is 34.9. The van der Waals surface area contributed by atoms with Gasteiger partial charge in [-0.1, -0.05) is 6.92 Å². The molecule has 0 spiro atoms. The number of carbonyl (C=O) groups excluding carboxylic acids is 1. The van der Waals surface area contributed by atoms with Crippen LogP contribution in [0.4, 0.5) is 11.6 Å². The van der Waals surface area contributed by atoms with E-state index in [0.29, 0.717) is 41.6 Å². The molecule has 0 saturated heterocycles. The number of ether oxygens (including phenoxy) is 2. The Bertz CT molecular complexity index is 1560. The van der Waals surface area contributed by atoms with Gasteiger partial charge < -0.3 is 20.5 Å². The summed E-state index contributed by atoms with van der Waals surface area (Å²) in [5.74, 6) is 1.37. The lowest BCUT2D eigenvalue weighted by molar-refractivity contribution is -0.0189. The number of esters is 1. The standard InChI is InChI=1S/C28H35N5O5S/c1-15-24-18(26(34)38-28(15,4)5)7-8-22(33-24)32-23-11-19-20(12-30-23)25(31-13-21(19)27(2,3)29)37-17-9-16(10-17)14-39(6,35)36/h7-8,11-13,15-17H,9-10,14,29H2,1-6H3,(H,30,32,33)/t15-,16-,17-/m1/s1. The SMILES string of the molecule is C[C@@H]1c2nc(Nc3cc4c(C(C)(C)N)cnc(O[C@H]5C[C@H](CS(C)(=O)=O)C5)c4cn3)ccc2C(=O)OC1(C)C. The molecule has 1 saturated carbocycles. The van der Waals surface area contributed by atoms with E-state index < -0.39 is 21.0 Å². The minimum atomic E-state index is -3.01. The largest absolute Gasteiger partial charge is 0.474 e. The molecule has 1 aliphatic heterocycles. The molecule has 10 nitrogen and oxygen atoms in total. The van der Waals surface area contributed by atoms with Crippen LogP contribution < -0.4 is 15.8 Å². The number of fused-ring (bicyclic) bond motifs is 2. The molecule has 2 aliphatic rings. The molecule has 208 valence electrons. The van der Waals surface area contributed by atoms with Gasteiger partial charge in [0.15, 0.2) is 0 Å². The van der Waals surface area contributed by atoms with Crippen molar-refractivity contribution in [2.24, 2.45) is 11.7 Å². The summed E-state index contributed by atoms with van der Waals surface area (Å²) in [5.41, 5.74) is 7.13.